The van der Waals surface area contributed by atoms with Gasteiger partial charge in [-0.3, -0.25) is 14.9 Å². The van der Waals surface area contributed by atoms with Crippen molar-refractivity contribution < 1.29 is 9.59 Å². The first kappa shape index (κ1) is 21.4. The molecule has 33 heavy (non-hydrogen) atoms. The zero-order chi connectivity index (χ0) is 21.8. The first-order valence-corrected chi connectivity index (χ1v) is 11.1. The first-order chi connectivity index (χ1) is 15.7. The summed E-state index contributed by atoms with van der Waals surface area (Å²) in [5.41, 5.74) is 10.8. The molecule has 3 N–H and O–H groups in total. The van der Waals surface area contributed by atoms with E-state index in [1.165, 1.54) is 0 Å². The number of rotatable bonds is 3. The standard InChI is InChI=1S/C27H23N3O2.ClH/c28-15-16-11-12-30-21-8-4-3-7-20(21)24(22(30)13-16)25-23(26(31)29-27(25)32)19-10-9-17-5-1-2-6-18(17)14-19;/h1-10,14,16H,11-13,15,28H2,(H,29,31,32);1H. The van der Waals surface area contributed by atoms with Crippen molar-refractivity contribution in [1.29, 1.82) is 0 Å². The lowest BCUT2D eigenvalue weighted by Gasteiger charge is -2.25. The summed E-state index contributed by atoms with van der Waals surface area (Å²) in [4.78, 5) is 26.2. The molecule has 6 heteroatoms. The molecule has 2 aliphatic heterocycles. The van der Waals surface area contributed by atoms with Crippen LogP contribution in [0.1, 0.15) is 23.2 Å². The fourth-order valence-electron chi connectivity index (χ4n) is 5.31. The van der Waals surface area contributed by atoms with Crippen molar-refractivity contribution in [2.75, 3.05) is 6.54 Å². The second kappa shape index (κ2) is 8.18. The summed E-state index contributed by atoms with van der Waals surface area (Å²) in [6.45, 7) is 1.48. The predicted molar refractivity (Wildman–Crippen MR) is 134 cm³/mol. The number of aromatic nitrogens is 1. The van der Waals surface area contributed by atoms with Crippen LogP contribution in [0.3, 0.4) is 0 Å². The Bertz CT molecular complexity index is 1470. The molecule has 0 aliphatic carbocycles. The minimum absolute atomic E-state index is 0. The van der Waals surface area contributed by atoms with Crippen molar-refractivity contribution in [3.63, 3.8) is 0 Å². The first-order valence-electron chi connectivity index (χ1n) is 11.1. The summed E-state index contributed by atoms with van der Waals surface area (Å²) in [6, 6.07) is 22.1. The Balaban J connectivity index is 0.00000228. The second-order valence-corrected chi connectivity index (χ2v) is 8.68. The molecule has 1 atom stereocenters. The van der Waals surface area contributed by atoms with Crippen LogP contribution in [0, 0.1) is 5.92 Å². The number of amides is 2. The number of nitrogens with one attached hydrogen (secondary N) is 1. The van der Waals surface area contributed by atoms with Crippen LogP contribution in [0.2, 0.25) is 0 Å². The van der Waals surface area contributed by atoms with Gasteiger partial charge in [0.25, 0.3) is 11.8 Å². The molecule has 0 bridgehead atoms. The maximum absolute atomic E-state index is 13.2. The molecule has 2 aliphatic rings. The van der Waals surface area contributed by atoms with Crippen LogP contribution >= 0.6 is 12.4 Å². The average molecular weight is 458 g/mol. The molecule has 3 aromatic carbocycles. The smallest absolute Gasteiger partial charge is 0.259 e. The Morgan fingerprint density at radius 2 is 1.64 bits per heavy atom. The lowest BCUT2D eigenvalue weighted by molar-refractivity contribution is -0.122. The molecule has 2 amide bonds. The molecule has 5 nitrogen and oxygen atoms in total. The molecule has 1 aromatic heterocycles. The van der Waals surface area contributed by atoms with E-state index in [4.69, 9.17) is 5.73 Å². The van der Waals surface area contributed by atoms with E-state index in [1.54, 1.807) is 0 Å². The zero-order valence-corrected chi connectivity index (χ0v) is 18.8. The number of benzene rings is 3. The van der Waals surface area contributed by atoms with Crippen LogP contribution in [0.15, 0.2) is 66.7 Å². The number of nitrogens with zero attached hydrogens (tertiary/aromatic N) is 1. The van der Waals surface area contributed by atoms with E-state index >= 15 is 0 Å². The van der Waals surface area contributed by atoms with E-state index in [1.807, 2.05) is 54.6 Å². The van der Waals surface area contributed by atoms with E-state index in [9.17, 15) is 9.59 Å². The van der Waals surface area contributed by atoms with Crippen molar-refractivity contribution in [1.82, 2.24) is 9.88 Å². The van der Waals surface area contributed by atoms with Crippen molar-refractivity contribution in [3.05, 3.63) is 83.6 Å². The van der Waals surface area contributed by atoms with Gasteiger partial charge in [-0.05, 0) is 53.8 Å². The SMILES string of the molecule is Cl.NCC1CCn2c(c(C3=C(c4ccc5ccccc5c4)C(=O)NC3=O)c3ccccc32)C1. The molecular weight excluding hydrogens is 434 g/mol. The van der Waals surface area contributed by atoms with E-state index in [-0.39, 0.29) is 24.2 Å². The number of nitrogens with two attached hydrogens (primary N) is 1. The van der Waals surface area contributed by atoms with E-state index in [2.05, 4.69) is 22.0 Å². The van der Waals surface area contributed by atoms with E-state index in [0.717, 1.165) is 57.9 Å². The normalized spacial score (nSPS) is 17.9. The number of fused-ring (bicyclic) bond motifs is 4. The van der Waals surface area contributed by atoms with Crippen LogP contribution in [0.5, 0.6) is 0 Å². The molecule has 6 rings (SSSR count). The quantitative estimate of drug-likeness (QED) is 0.450. The second-order valence-electron chi connectivity index (χ2n) is 8.68. The largest absolute Gasteiger partial charge is 0.344 e. The number of hydrogen-bond donors (Lipinski definition) is 2. The molecule has 1 unspecified atom stereocenters. The lowest BCUT2D eigenvalue weighted by atomic mass is 9.89. The van der Waals surface area contributed by atoms with Gasteiger partial charge in [-0.1, -0.05) is 54.6 Å². The van der Waals surface area contributed by atoms with Gasteiger partial charge in [-0.25, -0.2) is 0 Å². The molecule has 0 radical (unpaired) electrons. The van der Waals surface area contributed by atoms with Crippen LogP contribution in [-0.2, 0) is 22.6 Å². The topological polar surface area (TPSA) is 77.1 Å². The molecule has 3 heterocycles. The predicted octanol–water partition coefficient (Wildman–Crippen LogP) is 4.30. The van der Waals surface area contributed by atoms with Gasteiger partial charge < -0.3 is 10.3 Å². The van der Waals surface area contributed by atoms with Crippen LogP contribution in [0.4, 0.5) is 0 Å². The molecule has 166 valence electrons. The fourth-order valence-corrected chi connectivity index (χ4v) is 5.31. The van der Waals surface area contributed by atoms with Crippen LogP contribution in [-0.4, -0.2) is 22.9 Å². The lowest BCUT2D eigenvalue weighted by Crippen LogP contribution is -2.26. The molecule has 0 fully saturated rings. The van der Waals surface area contributed by atoms with Crippen LogP contribution < -0.4 is 11.1 Å². The summed E-state index contributed by atoms with van der Waals surface area (Å²) < 4.78 is 2.30. The molecule has 0 saturated carbocycles. The third-order valence-electron chi connectivity index (χ3n) is 6.87. The molecular formula is C27H24ClN3O2. The summed E-state index contributed by atoms with van der Waals surface area (Å²) >= 11 is 0. The Labute approximate surface area is 197 Å². The third-order valence-corrected chi connectivity index (χ3v) is 6.87. The van der Waals surface area contributed by atoms with Crippen molar-refractivity contribution in [2.45, 2.75) is 19.4 Å². The highest BCUT2D eigenvalue weighted by atomic mass is 35.5. The number of carbonyl (C=O) groups excluding carboxylic acids is 2. The van der Waals surface area contributed by atoms with Crippen LogP contribution in [0.25, 0.3) is 32.8 Å². The highest BCUT2D eigenvalue weighted by Crippen LogP contribution is 2.41. The zero-order valence-electron chi connectivity index (χ0n) is 18.0. The number of para-hydroxylation sites is 1. The Hall–Kier alpha value is -3.41. The minimum atomic E-state index is -0.338. The van der Waals surface area contributed by atoms with Crippen molar-refractivity contribution in [2.24, 2.45) is 11.7 Å². The maximum Gasteiger partial charge on any atom is 0.259 e. The molecule has 0 saturated heterocycles. The fraction of sp³-hybridized carbons (Fsp3) is 0.185. The van der Waals surface area contributed by atoms with E-state index < -0.39 is 0 Å². The van der Waals surface area contributed by atoms with Crippen molar-refractivity contribution in [3.8, 4) is 0 Å². The van der Waals surface area contributed by atoms with Gasteiger partial charge >= 0.3 is 0 Å². The van der Waals surface area contributed by atoms with Gasteiger partial charge in [0.05, 0.1) is 11.1 Å². The summed E-state index contributed by atoms with van der Waals surface area (Å²) in [6.07, 6.45) is 1.82. The van der Waals surface area contributed by atoms with Gasteiger partial charge in [0.2, 0.25) is 0 Å². The summed E-state index contributed by atoms with van der Waals surface area (Å²) in [5.74, 6) is -0.293. The highest BCUT2D eigenvalue weighted by molar-refractivity contribution is 6.50. The minimum Gasteiger partial charge on any atom is -0.344 e. The Kier molecular flexibility index (Phi) is 5.31. The van der Waals surface area contributed by atoms with Crippen molar-refractivity contribution >= 4 is 57.0 Å². The number of halogens is 1. The number of imide groups is 1. The average Bonchev–Trinajstić information content (AvgIpc) is 3.30. The van der Waals surface area contributed by atoms with Gasteiger partial charge in [-0.15, -0.1) is 12.4 Å². The Morgan fingerprint density at radius 1 is 0.909 bits per heavy atom. The van der Waals surface area contributed by atoms with E-state index in [0.29, 0.717) is 23.6 Å². The number of hydrogen-bond acceptors (Lipinski definition) is 3. The highest BCUT2D eigenvalue weighted by Gasteiger charge is 2.37. The monoisotopic (exact) mass is 457 g/mol. The molecule has 4 aromatic rings. The summed E-state index contributed by atoms with van der Waals surface area (Å²) in [7, 11) is 0. The molecule has 0 spiro atoms. The van der Waals surface area contributed by atoms with Gasteiger partial charge in [0.1, 0.15) is 0 Å². The maximum atomic E-state index is 13.2. The number of aryl methyl sites for hydroxylation is 1. The number of carbonyl (C=O) groups is 2. The van der Waals surface area contributed by atoms with Gasteiger partial charge in [-0.2, -0.15) is 0 Å². The third kappa shape index (κ3) is 3.27. The van der Waals surface area contributed by atoms with Gasteiger partial charge in [0, 0.05) is 28.7 Å². The van der Waals surface area contributed by atoms with Gasteiger partial charge in [0.15, 0.2) is 0 Å². The summed E-state index contributed by atoms with van der Waals surface area (Å²) in [5, 5.41) is 5.71. The Morgan fingerprint density at radius 3 is 2.45 bits per heavy atom.